The monoisotopic (exact) mass is 562 g/mol. The Morgan fingerprint density at radius 1 is 0.912 bits per heavy atom. The molecule has 0 radical (unpaired) electrons. The molecule has 0 bridgehead atoms. The summed E-state index contributed by atoms with van der Waals surface area (Å²) in [6.45, 7) is 1.34. The molecule has 4 rings (SSSR count). The van der Waals surface area contributed by atoms with Crippen molar-refractivity contribution in [2.24, 2.45) is 0 Å². The van der Waals surface area contributed by atoms with Crippen LogP contribution in [0.2, 0.25) is 0 Å². The van der Waals surface area contributed by atoms with E-state index >= 15 is 0 Å². The van der Waals surface area contributed by atoms with Crippen molar-refractivity contribution >= 4 is 41.9 Å². The lowest BCUT2D eigenvalue weighted by atomic mass is 10.2. The Balaban J connectivity index is 1.57. The van der Waals surface area contributed by atoms with Crippen LogP contribution in [0, 0.1) is 11.3 Å². The molecule has 1 aromatic heterocycles. The maximum Gasteiger partial charge on any atom is 0.243 e. The summed E-state index contributed by atoms with van der Waals surface area (Å²) in [6.07, 6.45) is 1.16. The van der Waals surface area contributed by atoms with Crippen LogP contribution < -0.4 is 0 Å². The topological polar surface area (TPSA) is 118 Å². The van der Waals surface area contributed by atoms with Gasteiger partial charge >= 0.3 is 0 Å². The zero-order chi connectivity index (χ0) is 24.3. The third-order valence-corrected chi connectivity index (χ3v) is 9.29. The molecule has 3 aromatic rings. The van der Waals surface area contributed by atoms with Crippen LogP contribution in [-0.4, -0.2) is 47.4 Å². The largest absolute Gasteiger partial charge is 0.457 e. The molecule has 2 heterocycles. The highest BCUT2D eigenvalue weighted by molar-refractivity contribution is 9.10. The molecule has 8 nitrogen and oxygen atoms in total. The van der Waals surface area contributed by atoms with Crippen molar-refractivity contribution in [3.63, 3.8) is 0 Å². The van der Waals surface area contributed by atoms with Crippen LogP contribution >= 0.6 is 15.9 Å². The number of hydrogen-bond acceptors (Lipinski definition) is 7. The highest BCUT2D eigenvalue weighted by Crippen LogP contribution is 2.28. The second-order valence-electron chi connectivity index (χ2n) is 7.32. The number of morpholine rings is 1. The first kappa shape index (κ1) is 24.4. The molecule has 176 valence electrons. The van der Waals surface area contributed by atoms with E-state index in [1.165, 1.54) is 28.6 Å². The van der Waals surface area contributed by atoms with Gasteiger partial charge in [0.15, 0.2) is 4.91 Å². The van der Waals surface area contributed by atoms with Gasteiger partial charge in [0.2, 0.25) is 19.9 Å². The van der Waals surface area contributed by atoms with E-state index in [1.54, 1.807) is 42.5 Å². The molecule has 2 aromatic carbocycles. The van der Waals surface area contributed by atoms with Gasteiger partial charge < -0.3 is 9.15 Å². The Morgan fingerprint density at radius 2 is 1.53 bits per heavy atom. The van der Waals surface area contributed by atoms with Gasteiger partial charge in [-0.05, 0) is 60.7 Å². The smallest absolute Gasteiger partial charge is 0.243 e. The summed E-state index contributed by atoms with van der Waals surface area (Å²) in [5.74, 6) is 0.581. The van der Waals surface area contributed by atoms with Crippen LogP contribution in [0.1, 0.15) is 5.76 Å². The van der Waals surface area contributed by atoms with E-state index in [0.717, 1.165) is 6.08 Å². The predicted molar refractivity (Wildman–Crippen MR) is 129 cm³/mol. The second-order valence-corrected chi connectivity index (χ2v) is 12.1. The van der Waals surface area contributed by atoms with Crippen LogP contribution in [0.3, 0.4) is 0 Å². The Kier molecular flexibility index (Phi) is 7.06. The molecule has 0 saturated carbocycles. The minimum absolute atomic E-state index is 0.00709. The summed E-state index contributed by atoms with van der Waals surface area (Å²) in [5, 5.41) is 9.46. The number of nitriles is 1. The SMILES string of the molecule is N#CC(=Cc1ccc(-c2ccc(S(=O)(=O)N3CCOCC3)cc2)o1)S(=O)(=O)c1ccc(Br)cc1. The molecule has 0 atom stereocenters. The van der Waals surface area contributed by atoms with Gasteiger partial charge in [-0.15, -0.1) is 0 Å². The van der Waals surface area contributed by atoms with Crippen LogP contribution in [-0.2, 0) is 24.6 Å². The van der Waals surface area contributed by atoms with Gasteiger partial charge in [0, 0.05) is 29.2 Å². The average molecular weight is 563 g/mol. The number of furan rings is 1. The standard InChI is InChI=1S/C23H19BrN2O6S2/c24-18-3-8-20(9-4-18)33(27,28)22(16-25)15-19-5-10-23(32-19)17-1-6-21(7-2-17)34(29,30)26-11-13-31-14-12-26/h1-10,15H,11-14H2. The van der Waals surface area contributed by atoms with Crippen molar-refractivity contribution < 1.29 is 26.0 Å². The van der Waals surface area contributed by atoms with Gasteiger partial charge in [-0.1, -0.05) is 15.9 Å². The first-order chi connectivity index (χ1) is 16.2. The van der Waals surface area contributed by atoms with Crippen molar-refractivity contribution in [2.75, 3.05) is 26.3 Å². The van der Waals surface area contributed by atoms with Gasteiger partial charge in [0.05, 0.1) is 23.0 Å². The van der Waals surface area contributed by atoms with E-state index in [4.69, 9.17) is 9.15 Å². The zero-order valence-corrected chi connectivity index (χ0v) is 20.9. The summed E-state index contributed by atoms with van der Waals surface area (Å²) < 4.78 is 64.2. The fraction of sp³-hybridized carbons (Fsp3) is 0.174. The molecular formula is C23H19BrN2O6S2. The van der Waals surface area contributed by atoms with E-state index in [0.29, 0.717) is 42.1 Å². The number of hydrogen-bond donors (Lipinski definition) is 0. The summed E-state index contributed by atoms with van der Waals surface area (Å²) in [7, 11) is -7.63. The van der Waals surface area contributed by atoms with Crippen molar-refractivity contribution in [3.8, 4) is 17.4 Å². The van der Waals surface area contributed by atoms with Crippen molar-refractivity contribution in [1.29, 1.82) is 5.26 Å². The second kappa shape index (κ2) is 9.85. The number of nitrogens with zero attached hydrogens (tertiary/aromatic N) is 2. The molecule has 34 heavy (non-hydrogen) atoms. The summed E-state index contributed by atoms with van der Waals surface area (Å²) in [5.41, 5.74) is 0.606. The number of halogens is 1. The number of allylic oxidation sites excluding steroid dienone is 1. The molecule has 1 fully saturated rings. The van der Waals surface area contributed by atoms with E-state index < -0.39 is 24.8 Å². The first-order valence-corrected chi connectivity index (χ1v) is 13.8. The van der Waals surface area contributed by atoms with Crippen molar-refractivity contribution in [2.45, 2.75) is 9.79 Å². The van der Waals surface area contributed by atoms with E-state index in [-0.39, 0.29) is 15.6 Å². The van der Waals surface area contributed by atoms with E-state index in [2.05, 4.69) is 15.9 Å². The molecule has 0 spiro atoms. The Hall–Kier alpha value is -2.75. The van der Waals surface area contributed by atoms with Gasteiger partial charge in [-0.3, -0.25) is 0 Å². The van der Waals surface area contributed by atoms with Crippen LogP contribution in [0.5, 0.6) is 0 Å². The fourth-order valence-electron chi connectivity index (χ4n) is 3.35. The number of benzene rings is 2. The lowest BCUT2D eigenvalue weighted by Gasteiger charge is -2.26. The number of ether oxygens (including phenoxy) is 1. The van der Waals surface area contributed by atoms with Crippen LogP contribution in [0.4, 0.5) is 0 Å². The molecule has 1 saturated heterocycles. The molecule has 0 N–H and O–H groups in total. The summed E-state index contributed by atoms with van der Waals surface area (Å²) >= 11 is 3.25. The number of rotatable bonds is 6. The quantitative estimate of drug-likeness (QED) is 0.415. The summed E-state index contributed by atoms with van der Waals surface area (Å²) in [4.78, 5) is -0.299. The van der Waals surface area contributed by atoms with Crippen LogP contribution in [0.25, 0.3) is 17.4 Å². The van der Waals surface area contributed by atoms with Crippen molar-refractivity contribution in [3.05, 3.63) is 75.8 Å². The molecule has 0 aliphatic carbocycles. The van der Waals surface area contributed by atoms with Gasteiger partial charge in [-0.2, -0.15) is 9.57 Å². The Labute approximate surface area is 206 Å². The highest BCUT2D eigenvalue weighted by atomic mass is 79.9. The Morgan fingerprint density at radius 3 is 2.15 bits per heavy atom. The maximum absolute atomic E-state index is 12.8. The fourth-order valence-corrected chi connectivity index (χ4v) is 6.16. The number of sulfone groups is 1. The van der Waals surface area contributed by atoms with Crippen LogP contribution in [0.15, 0.2) is 84.2 Å². The molecule has 1 aliphatic rings. The third-order valence-electron chi connectivity index (χ3n) is 5.17. The van der Waals surface area contributed by atoms with E-state index in [1.807, 2.05) is 0 Å². The summed E-state index contributed by atoms with van der Waals surface area (Å²) in [6, 6.07) is 17.1. The molecule has 11 heteroatoms. The molecular weight excluding hydrogens is 544 g/mol. The minimum atomic E-state index is -4.02. The lowest BCUT2D eigenvalue weighted by molar-refractivity contribution is 0.0730. The number of sulfonamides is 1. The first-order valence-electron chi connectivity index (χ1n) is 10.1. The van der Waals surface area contributed by atoms with Gasteiger partial charge in [0.25, 0.3) is 0 Å². The minimum Gasteiger partial charge on any atom is -0.457 e. The maximum atomic E-state index is 12.8. The van der Waals surface area contributed by atoms with Gasteiger partial charge in [-0.25, -0.2) is 16.8 Å². The van der Waals surface area contributed by atoms with Gasteiger partial charge in [0.1, 0.15) is 17.6 Å². The molecule has 0 unspecified atom stereocenters. The Bertz CT molecular complexity index is 1460. The predicted octanol–water partition coefficient (Wildman–Crippen LogP) is 4.07. The average Bonchev–Trinajstić information content (AvgIpc) is 3.32. The lowest BCUT2D eigenvalue weighted by Crippen LogP contribution is -2.40. The third kappa shape index (κ3) is 5.01. The zero-order valence-electron chi connectivity index (χ0n) is 17.7. The molecule has 0 amide bonds. The highest BCUT2D eigenvalue weighted by Gasteiger charge is 2.26. The normalized spacial score (nSPS) is 15.7. The van der Waals surface area contributed by atoms with Crippen molar-refractivity contribution in [1.82, 2.24) is 4.31 Å². The molecule has 1 aliphatic heterocycles. The van der Waals surface area contributed by atoms with E-state index in [9.17, 15) is 22.1 Å².